The van der Waals surface area contributed by atoms with Crippen LogP contribution in [0.4, 0.5) is 0 Å². The number of carboxylic acids is 1. The van der Waals surface area contributed by atoms with Crippen LogP contribution in [0.15, 0.2) is 16.7 Å². The van der Waals surface area contributed by atoms with Crippen molar-refractivity contribution in [3.05, 3.63) is 23.7 Å². The second kappa shape index (κ2) is 5.16. The summed E-state index contributed by atoms with van der Waals surface area (Å²) in [7, 11) is 0. The molecule has 0 saturated carbocycles. The van der Waals surface area contributed by atoms with Gasteiger partial charge in [-0.3, -0.25) is 0 Å². The summed E-state index contributed by atoms with van der Waals surface area (Å²) in [5, 5.41) is 19.1. The van der Waals surface area contributed by atoms with Crippen LogP contribution in [0.2, 0.25) is 0 Å². The van der Waals surface area contributed by atoms with Gasteiger partial charge in [-0.2, -0.15) is 0 Å². The Hall–Kier alpha value is -1.29. The van der Waals surface area contributed by atoms with E-state index >= 15 is 0 Å². The fourth-order valence-corrected chi connectivity index (χ4v) is 1.73. The maximum Gasteiger partial charge on any atom is 0.339 e. The highest BCUT2D eigenvalue weighted by Crippen LogP contribution is 2.30. The molecule has 0 spiro atoms. The van der Waals surface area contributed by atoms with E-state index in [1.165, 1.54) is 12.3 Å². The van der Waals surface area contributed by atoms with Crippen LogP contribution in [0.5, 0.6) is 0 Å². The molecule has 4 heteroatoms. The van der Waals surface area contributed by atoms with Crippen LogP contribution in [-0.4, -0.2) is 16.2 Å². The van der Waals surface area contributed by atoms with E-state index in [0.717, 1.165) is 19.3 Å². The smallest absolute Gasteiger partial charge is 0.339 e. The lowest BCUT2D eigenvalue weighted by molar-refractivity contribution is 0.0203. The van der Waals surface area contributed by atoms with Gasteiger partial charge in [0.05, 0.1) is 6.26 Å². The summed E-state index contributed by atoms with van der Waals surface area (Å²) in [5.74, 6) is -0.921. The molecule has 0 aliphatic heterocycles. The Kier molecular flexibility index (Phi) is 4.12. The minimum Gasteiger partial charge on any atom is -0.478 e. The van der Waals surface area contributed by atoms with Crippen LogP contribution in [0.1, 0.15) is 55.6 Å². The van der Waals surface area contributed by atoms with Crippen molar-refractivity contribution in [2.45, 2.75) is 45.1 Å². The number of carbonyl (C=O) groups is 1. The first-order valence-corrected chi connectivity index (χ1v) is 5.52. The maximum atomic E-state index is 10.9. The second-order valence-electron chi connectivity index (χ2n) is 4.20. The van der Waals surface area contributed by atoms with Gasteiger partial charge in [-0.1, -0.05) is 26.2 Å². The molecule has 0 aliphatic rings. The zero-order valence-corrected chi connectivity index (χ0v) is 9.69. The van der Waals surface area contributed by atoms with E-state index in [-0.39, 0.29) is 11.3 Å². The highest BCUT2D eigenvalue weighted by Gasteiger charge is 2.31. The Morgan fingerprint density at radius 2 is 2.19 bits per heavy atom. The van der Waals surface area contributed by atoms with Gasteiger partial charge in [-0.05, 0) is 19.4 Å². The summed E-state index contributed by atoms with van der Waals surface area (Å²) in [5.41, 5.74) is -1.16. The van der Waals surface area contributed by atoms with E-state index in [4.69, 9.17) is 9.52 Å². The van der Waals surface area contributed by atoms with Crippen molar-refractivity contribution in [3.8, 4) is 0 Å². The van der Waals surface area contributed by atoms with E-state index in [1.807, 2.05) is 0 Å². The van der Waals surface area contributed by atoms with Gasteiger partial charge in [0, 0.05) is 0 Å². The molecule has 1 aromatic rings. The molecule has 1 heterocycles. The van der Waals surface area contributed by atoms with E-state index in [9.17, 15) is 9.90 Å². The Labute approximate surface area is 94.9 Å². The number of hydrogen-bond donors (Lipinski definition) is 2. The zero-order valence-electron chi connectivity index (χ0n) is 9.69. The molecular weight excluding hydrogens is 208 g/mol. The monoisotopic (exact) mass is 226 g/mol. The van der Waals surface area contributed by atoms with E-state index in [1.54, 1.807) is 6.92 Å². The number of hydrogen-bond acceptors (Lipinski definition) is 3. The molecule has 0 amide bonds. The molecule has 0 radical (unpaired) electrons. The van der Waals surface area contributed by atoms with E-state index in [0.29, 0.717) is 6.42 Å². The summed E-state index contributed by atoms with van der Waals surface area (Å²) in [6.07, 6.45) is 4.73. The normalized spacial score (nSPS) is 14.7. The third-order valence-corrected chi connectivity index (χ3v) is 2.65. The highest BCUT2D eigenvalue weighted by molar-refractivity contribution is 5.88. The van der Waals surface area contributed by atoms with Crippen molar-refractivity contribution < 1.29 is 19.4 Å². The number of aliphatic hydroxyl groups is 1. The minimum atomic E-state index is -1.20. The van der Waals surface area contributed by atoms with Crippen molar-refractivity contribution in [3.63, 3.8) is 0 Å². The number of furan rings is 1. The lowest BCUT2D eigenvalue weighted by Gasteiger charge is -2.21. The number of unbranched alkanes of at least 4 members (excludes halogenated alkanes) is 2. The number of carboxylic acid groups (broad SMARTS) is 1. The van der Waals surface area contributed by atoms with Crippen LogP contribution >= 0.6 is 0 Å². The van der Waals surface area contributed by atoms with Gasteiger partial charge < -0.3 is 14.6 Å². The minimum absolute atomic E-state index is 0.0431. The fourth-order valence-electron chi connectivity index (χ4n) is 1.73. The standard InChI is InChI=1S/C12H18O4/c1-3-4-5-7-12(2,15)10-9(11(13)14)6-8-16-10/h6,8,15H,3-5,7H2,1-2H3,(H,13,14). The van der Waals surface area contributed by atoms with E-state index < -0.39 is 11.6 Å². The molecule has 0 bridgehead atoms. The third kappa shape index (κ3) is 2.85. The predicted octanol–water partition coefficient (Wildman–Crippen LogP) is 2.77. The molecule has 0 aliphatic carbocycles. The topological polar surface area (TPSA) is 70.7 Å². The van der Waals surface area contributed by atoms with E-state index in [2.05, 4.69) is 6.92 Å². The molecule has 1 rings (SSSR count). The SMILES string of the molecule is CCCCCC(C)(O)c1occc1C(=O)O. The van der Waals surface area contributed by atoms with Crippen LogP contribution in [0.3, 0.4) is 0 Å². The summed E-state index contributed by atoms with van der Waals surface area (Å²) in [6.45, 7) is 3.66. The molecule has 4 nitrogen and oxygen atoms in total. The van der Waals surface area contributed by atoms with Gasteiger partial charge >= 0.3 is 5.97 Å². The number of aromatic carboxylic acids is 1. The molecule has 0 aromatic carbocycles. The first-order chi connectivity index (χ1) is 7.49. The van der Waals surface area contributed by atoms with Crippen molar-refractivity contribution in [2.24, 2.45) is 0 Å². The quantitative estimate of drug-likeness (QED) is 0.732. The second-order valence-corrected chi connectivity index (χ2v) is 4.20. The molecule has 0 fully saturated rings. The molecule has 90 valence electrons. The summed E-state index contributed by atoms with van der Waals surface area (Å²) in [4.78, 5) is 10.9. The van der Waals surface area contributed by atoms with Crippen molar-refractivity contribution in [1.29, 1.82) is 0 Å². The Bertz CT molecular complexity index is 352. The average Bonchev–Trinajstić information content (AvgIpc) is 2.66. The van der Waals surface area contributed by atoms with Crippen LogP contribution in [0, 0.1) is 0 Å². The van der Waals surface area contributed by atoms with Crippen LogP contribution in [-0.2, 0) is 5.60 Å². The van der Waals surface area contributed by atoms with Crippen LogP contribution < -0.4 is 0 Å². The highest BCUT2D eigenvalue weighted by atomic mass is 16.4. The lowest BCUT2D eigenvalue weighted by atomic mass is 9.93. The molecule has 1 aromatic heterocycles. The van der Waals surface area contributed by atoms with Gasteiger partial charge in [0.2, 0.25) is 0 Å². The van der Waals surface area contributed by atoms with Crippen LogP contribution in [0.25, 0.3) is 0 Å². The zero-order chi connectivity index (χ0) is 12.2. The summed E-state index contributed by atoms with van der Waals surface area (Å²) >= 11 is 0. The Morgan fingerprint density at radius 1 is 1.50 bits per heavy atom. The van der Waals surface area contributed by atoms with Gasteiger partial charge in [0.15, 0.2) is 0 Å². The first-order valence-electron chi connectivity index (χ1n) is 5.52. The Balaban J connectivity index is 2.80. The van der Waals surface area contributed by atoms with Gasteiger partial charge in [-0.15, -0.1) is 0 Å². The molecular formula is C12H18O4. The largest absolute Gasteiger partial charge is 0.478 e. The average molecular weight is 226 g/mol. The molecule has 1 unspecified atom stereocenters. The lowest BCUT2D eigenvalue weighted by Crippen LogP contribution is -2.23. The maximum absolute atomic E-state index is 10.9. The summed E-state index contributed by atoms with van der Waals surface area (Å²) in [6, 6.07) is 1.37. The molecule has 1 atom stereocenters. The van der Waals surface area contributed by atoms with Crippen molar-refractivity contribution in [1.82, 2.24) is 0 Å². The third-order valence-electron chi connectivity index (χ3n) is 2.65. The molecule has 2 N–H and O–H groups in total. The van der Waals surface area contributed by atoms with Gasteiger partial charge in [-0.25, -0.2) is 4.79 Å². The van der Waals surface area contributed by atoms with Crippen molar-refractivity contribution >= 4 is 5.97 Å². The first kappa shape index (κ1) is 12.8. The van der Waals surface area contributed by atoms with Crippen molar-refractivity contribution in [2.75, 3.05) is 0 Å². The Morgan fingerprint density at radius 3 is 2.75 bits per heavy atom. The predicted molar refractivity (Wildman–Crippen MR) is 59.4 cm³/mol. The molecule has 0 saturated heterocycles. The number of rotatable bonds is 6. The van der Waals surface area contributed by atoms with Gasteiger partial charge in [0.25, 0.3) is 0 Å². The fraction of sp³-hybridized carbons (Fsp3) is 0.583. The van der Waals surface area contributed by atoms with Gasteiger partial charge in [0.1, 0.15) is 16.9 Å². The molecule has 16 heavy (non-hydrogen) atoms. The summed E-state index contributed by atoms with van der Waals surface area (Å²) < 4.78 is 5.09.